The van der Waals surface area contributed by atoms with Crippen LogP contribution in [0.25, 0.3) is 0 Å². The van der Waals surface area contributed by atoms with Crippen LogP contribution in [0.4, 0.5) is 19.3 Å². The standard InChI is InChI=1S/C18H23F2N3O2/c1-11-7-13(22-17(24)25-18(2,3)4)5-6-23(11)16-14(19)8-12(10-21)9-15(16)20/h8-9,11,13H,5-7H2,1-4H3,(H,22,24). The monoisotopic (exact) mass is 351 g/mol. The summed E-state index contributed by atoms with van der Waals surface area (Å²) in [6, 6.07) is 3.52. The topological polar surface area (TPSA) is 65.4 Å². The average molecular weight is 351 g/mol. The van der Waals surface area contributed by atoms with Gasteiger partial charge in [0.25, 0.3) is 0 Å². The van der Waals surface area contributed by atoms with Gasteiger partial charge in [0.1, 0.15) is 11.3 Å². The number of carbonyl (C=O) groups is 1. The van der Waals surface area contributed by atoms with E-state index < -0.39 is 23.3 Å². The van der Waals surface area contributed by atoms with Crippen LogP contribution in [-0.4, -0.2) is 30.3 Å². The molecule has 0 aromatic heterocycles. The second kappa shape index (κ2) is 7.26. The first kappa shape index (κ1) is 19.0. The number of anilines is 1. The highest BCUT2D eigenvalue weighted by Crippen LogP contribution is 2.30. The van der Waals surface area contributed by atoms with Crippen LogP contribution in [0.5, 0.6) is 0 Å². The van der Waals surface area contributed by atoms with E-state index in [9.17, 15) is 13.6 Å². The minimum Gasteiger partial charge on any atom is -0.444 e. The molecule has 1 amide bonds. The molecule has 0 radical (unpaired) electrons. The number of hydrogen-bond acceptors (Lipinski definition) is 4. The fourth-order valence-electron chi connectivity index (χ4n) is 3.01. The fourth-order valence-corrected chi connectivity index (χ4v) is 3.01. The summed E-state index contributed by atoms with van der Waals surface area (Å²) in [6.45, 7) is 7.60. The van der Waals surface area contributed by atoms with Crippen molar-refractivity contribution in [2.75, 3.05) is 11.4 Å². The minimum atomic E-state index is -0.748. The van der Waals surface area contributed by atoms with E-state index in [1.165, 1.54) is 0 Å². The van der Waals surface area contributed by atoms with Crippen molar-refractivity contribution in [1.82, 2.24) is 5.32 Å². The van der Waals surface area contributed by atoms with Crippen LogP contribution in [0.2, 0.25) is 0 Å². The fraction of sp³-hybridized carbons (Fsp3) is 0.556. The predicted octanol–water partition coefficient (Wildman–Crippen LogP) is 3.72. The van der Waals surface area contributed by atoms with Crippen molar-refractivity contribution >= 4 is 11.8 Å². The Morgan fingerprint density at radius 3 is 2.44 bits per heavy atom. The second-order valence-corrected chi connectivity index (χ2v) is 7.31. The third-order valence-corrected chi connectivity index (χ3v) is 4.03. The number of amides is 1. The van der Waals surface area contributed by atoms with Crippen molar-refractivity contribution in [2.24, 2.45) is 0 Å². The number of ether oxygens (including phenoxy) is 1. The molecule has 0 aliphatic carbocycles. The first-order valence-corrected chi connectivity index (χ1v) is 8.26. The van der Waals surface area contributed by atoms with E-state index in [4.69, 9.17) is 10.00 Å². The normalized spacial score (nSPS) is 20.8. The Hall–Kier alpha value is -2.36. The van der Waals surface area contributed by atoms with Crippen LogP contribution < -0.4 is 10.2 Å². The van der Waals surface area contributed by atoms with Gasteiger partial charge in [0.05, 0.1) is 11.6 Å². The van der Waals surface area contributed by atoms with Crippen molar-refractivity contribution in [1.29, 1.82) is 5.26 Å². The minimum absolute atomic E-state index is 0.0483. The smallest absolute Gasteiger partial charge is 0.407 e. The quantitative estimate of drug-likeness (QED) is 0.882. The lowest BCUT2D eigenvalue weighted by Crippen LogP contribution is -2.50. The molecule has 1 fully saturated rings. The highest BCUT2D eigenvalue weighted by molar-refractivity contribution is 5.68. The van der Waals surface area contributed by atoms with Gasteiger partial charge < -0.3 is 15.0 Å². The molecule has 1 heterocycles. The Morgan fingerprint density at radius 2 is 1.96 bits per heavy atom. The maximum atomic E-state index is 14.2. The summed E-state index contributed by atoms with van der Waals surface area (Å²) in [7, 11) is 0. The number of halogens is 2. The molecule has 2 atom stereocenters. The number of benzene rings is 1. The van der Waals surface area contributed by atoms with E-state index in [0.717, 1.165) is 12.1 Å². The van der Waals surface area contributed by atoms with E-state index in [0.29, 0.717) is 19.4 Å². The van der Waals surface area contributed by atoms with E-state index >= 15 is 0 Å². The summed E-state index contributed by atoms with van der Waals surface area (Å²) in [5.41, 5.74) is -0.749. The zero-order chi connectivity index (χ0) is 18.8. The van der Waals surface area contributed by atoms with Crippen molar-refractivity contribution in [2.45, 2.75) is 58.2 Å². The average Bonchev–Trinajstić information content (AvgIpc) is 2.46. The number of hydrogen-bond donors (Lipinski definition) is 1. The summed E-state index contributed by atoms with van der Waals surface area (Å²) in [5.74, 6) is -1.50. The van der Waals surface area contributed by atoms with Gasteiger partial charge in [-0.15, -0.1) is 0 Å². The van der Waals surface area contributed by atoms with Gasteiger partial charge >= 0.3 is 6.09 Å². The Morgan fingerprint density at radius 1 is 1.36 bits per heavy atom. The lowest BCUT2D eigenvalue weighted by atomic mass is 9.97. The molecule has 1 N–H and O–H groups in total. The summed E-state index contributed by atoms with van der Waals surface area (Å²) >= 11 is 0. The largest absolute Gasteiger partial charge is 0.444 e. The zero-order valence-corrected chi connectivity index (χ0v) is 14.9. The molecule has 0 bridgehead atoms. The maximum Gasteiger partial charge on any atom is 0.407 e. The van der Waals surface area contributed by atoms with Gasteiger partial charge in [-0.2, -0.15) is 5.26 Å². The first-order chi connectivity index (χ1) is 11.6. The Kier molecular flexibility index (Phi) is 5.51. The van der Waals surface area contributed by atoms with Crippen LogP contribution in [-0.2, 0) is 4.74 Å². The molecule has 0 spiro atoms. The lowest BCUT2D eigenvalue weighted by molar-refractivity contribution is 0.0494. The molecule has 1 saturated heterocycles. The molecule has 2 rings (SSSR count). The number of nitrogens with zero attached hydrogens (tertiary/aromatic N) is 2. The summed E-state index contributed by atoms with van der Waals surface area (Å²) in [5, 5.41) is 11.6. The van der Waals surface area contributed by atoms with E-state index in [-0.39, 0.29) is 23.3 Å². The molecule has 136 valence electrons. The Balaban J connectivity index is 2.06. The van der Waals surface area contributed by atoms with Gasteiger partial charge in [0.15, 0.2) is 11.6 Å². The summed E-state index contributed by atoms with van der Waals surface area (Å²) in [4.78, 5) is 13.5. The van der Waals surface area contributed by atoms with Crippen molar-refractivity contribution in [3.8, 4) is 6.07 Å². The zero-order valence-electron chi connectivity index (χ0n) is 14.9. The summed E-state index contributed by atoms with van der Waals surface area (Å²) < 4.78 is 33.7. The summed E-state index contributed by atoms with van der Waals surface area (Å²) in [6.07, 6.45) is 0.592. The predicted molar refractivity (Wildman–Crippen MR) is 90.3 cm³/mol. The van der Waals surface area contributed by atoms with Crippen molar-refractivity contribution < 1.29 is 18.3 Å². The molecule has 1 aliphatic rings. The number of rotatable bonds is 2. The van der Waals surface area contributed by atoms with E-state index in [2.05, 4.69) is 5.32 Å². The van der Waals surface area contributed by atoms with Gasteiger partial charge in [0, 0.05) is 18.6 Å². The van der Waals surface area contributed by atoms with Crippen molar-refractivity contribution in [3.05, 3.63) is 29.3 Å². The van der Waals surface area contributed by atoms with Crippen molar-refractivity contribution in [3.63, 3.8) is 0 Å². The van der Waals surface area contributed by atoms with Gasteiger partial charge in [0.2, 0.25) is 0 Å². The van der Waals surface area contributed by atoms with E-state index in [1.807, 2.05) is 6.92 Å². The number of piperidine rings is 1. The molecule has 2 unspecified atom stereocenters. The third-order valence-electron chi connectivity index (χ3n) is 4.03. The van der Waals surface area contributed by atoms with Gasteiger partial charge in [-0.1, -0.05) is 0 Å². The highest BCUT2D eigenvalue weighted by Gasteiger charge is 2.31. The van der Waals surface area contributed by atoms with Crippen LogP contribution in [0.1, 0.15) is 46.1 Å². The Bertz CT molecular complexity index is 672. The SMILES string of the molecule is CC1CC(NC(=O)OC(C)(C)C)CCN1c1c(F)cc(C#N)cc1F. The maximum absolute atomic E-state index is 14.2. The third kappa shape index (κ3) is 4.81. The van der Waals surface area contributed by atoms with Gasteiger partial charge in [-0.25, -0.2) is 13.6 Å². The molecular formula is C18H23F2N3O2. The molecular weight excluding hydrogens is 328 g/mol. The van der Waals surface area contributed by atoms with Crippen LogP contribution in [0.15, 0.2) is 12.1 Å². The van der Waals surface area contributed by atoms with Gasteiger partial charge in [-0.3, -0.25) is 0 Å². The number of alkyl carbamates (subject to hydrolysis) is 1. The van der Waals surface area contributed by atoms with Crippen LogP contribution in [0.3, 0.4) is 0 Å². The molecule has 1 aliphatic heterocycles. The second-order valence-electron chi connectivity index (χ2n) is 7.31. The number of nitriles is 1. The first-order valence-electron chi connectivity index (χ1n) is 8.26. The lowest BCUT2D eigenvalue weighted by Gasteiger charge is -2.39. The molecule has 25 heavy (non-hydrogen) atoms. The Labute approximate surface area is 146 Å². The molecule has 7 heteroatoms. The molecule has 1 aromatic rings. The highest BCUT2D eigenvalue weighted by atomic mass is 19.1. The number of nitrogens with one attached hydrogen (secondary N) is 1. The molecule has 0 saturated carbocycles. The number of carbonyl (C=O) groups excluding carboxylic acids is 1. The van der Waals surface area contributed by atoms with Gasteiger partial charge in [-0.05, 0) is 52.7 Å². The van der Waals surface area contributed by atoms with E-state index in [1.54, 1.807) is 31.7 Å². The van der Waals surface area contributed by atoms with Crippen LogP contribution >= 0.6 is 0 Å². The molecule has 1 aromatic carbocycles. The molecule has 5 nitrogen and oxygen atoms in total. The van der Waals surface area contributed by atoms with Crippen LogP contribution in [0, 0.1) is 23.0 Å².